The highest BCUT2D eigenvalue weighted by atomic mass is 16.5. The number of nitrogens with one attached hydrogen (secondary N) is 1. The van der Waals surface area contributed by atoms with Crippen molar-refractivity contribution in [1.82, 2.24) is 15.1 Å². The first-order valence-electron chi connectivity index (χ1n) is 7.29. The van der Waals surface area contributed by atoms with Gasteiger partial charge in [0.1, 0.15) is 0 Å². The average molecular weight is 269 g/mol. The van der Waals surface area contributed by atoms with Gasteiger partial charge in [0.25, 0.3) is 0 Å². The molecule has 2 rings (SSSR count). The summed E-state index contributed by atoms with van der Waals surface area (Å²) in [7, 11) is 1.92. The molecule has 0 radical (unpaired) electrons. The molecule has 2 unspecified atom stereocenters. The lowest BCUT2D eigenvalue weighted by Crippen LogP contribution is -2.61. The molecule has 2 fully saturated rings. The van der Waals surface area contributed by atoms with Gasteiger partial charge in [0, 0.05) is 39.8 Å². The van der Waals surface area contributed by atoms with Gasteiger partial charge in [-0.2, -0.15) is 0 Å². The van der Waals surface area contributed by atoms with Gasteiger partial charge >= 0.3 is 0 Å². The van der Waals surface area contributed by atoms with E-state index in [4.69, 9.17) is 4.74 Å². The lowest BCUT2D eigenvalue weighted by atomic mass is 9.97. The van der Waals surface area contributed by atoms with E-state index in [1.807, 2.05) is 25.8 Å². The van der Waals surface area contributed by atoms with E-state index in [9.17, 15) is 4.79 Å². The fraction of sp³-hybridized carbons (Fsp3) is 0.929. The van der Waals surface area contributed by atoms with Crippen molar-refractivity contribution >= 4 is 5.91 Å². The second kappa shape index (κ2) is 5.77. The van der Waals surface area contributed by atoms with Gasteiger partial charge in [0.15, 0.2) is 0 Å². The summed E-state index contributed by atoms with van der Waals surface area (Å²) < 4.78 is 5.58. The van der Waals surface area contributed by atoms with Crippen molar-refractivity contribution in [3.63, 3.8) is 0 Å². The third-order valence-electron chi connectivity index (χ3n) is 4.58. The Morgan fingerprint density at radius 2 is 2.00 bits per heavy atom. The molecule has 2 heterocycles. The summed E-state index contributed by atoms with van der Waals surface area (Å²) in [6.07, 6.45) is 1.09. The number of carbonyl (C=O) groups excluding carboxylic acids is 1. The summed E-state index contributed by atoms with van der Waals surface area (Å²) in [4.78, 5) is 17.0. The molecule has 2 aliphatic heterocycles. The van der Waals surface area contributed by atoms with Crippen LogP contribution in [0.15, 0.2) is 0 Å². The Labute approximate surface area is 116 Å². The summed E-state index contributed by atoms with van der Waals surface area (Å²) in [6, 6.07) is 0.217. The van der Waals surface area contributed by atoms with Crippen molar-refractivity contribution < 1.29 is 9.53 Å². The minimum absolute atomic E-state index is 0.146. The van der Waals surface area contributed by atoms with Crippen LogP contribution in [0.25, 0.3) is 0 Å². The Bertz CT molecular complexity index is 327. The number of ether oxygens (including phenoxy) is 1. The average Bonchev–Trinajstić information content (AvgIpc) is 2.84. The molecule has 0 bridgehead atoms. The van der Waals surface area contributed by atoms with Crippen LogP contribution in [-0.2, 0) is 9.53 Å². The quantitative estimate of drug-likeness (QED) is 0.801. The molecule has 5 nitrogen and oxygen atoms in total. The molecule has 1 amide bonds. The van der Waals surface area contributed by atoms with Gasteiger partial charge in [-0.3, -0.25) is 9.69 Å². The molecule has 2 aliphatic rings. The first-order valence-corrected chi connectivity index (χ1v) is 7.29. The summed E-state index contributed by atoms with van der Waals surface area (Å²) >= 11 is 0. The maximum absolute atomic E-state index is 12.8. The Morgan fingerprint density at radius 3 is 2.53 bits per heavy atom. The standard InChI is InChI=1S/C14H27N3O2/c1-11-12(5-10-19-11)16(4)13(18)14(2,3)17-8-6-15-7-9-17/h11-12,15H,5-10H2,1-4H3. The highest BCUT2D eigenvalue weighted by molar-refractivity contribution is 5.85. The van der Waals surface area contributed by atoms with Gasteiger partial charge in [-0.1, -0.05) is 0 Å². The summed E-state index contributed by atoms with van der Waals surface area (Å²) in [5.41, 5.74) is -0.431. The monoisotopic (exact) mass is 269 g/mol. The summed E-state index contributed by atoms with van der Waals surface area (Å²) in [6.45, 7) is 10.7. The third-order valence-corrected chi connectivity index (χ3v) is 4.58. The molecular formula is C14H27N3O2. The molecule has 1 N–H and O–H groups in total. The van der Waals surface area contributed by atoms with Gasteiger partial charge in [-0.05, 0) is 27.2 Å². The van der Waals surface area contributed by atoms with Crippen LogP contribution < -0.4 is 5.32 Å². The van der Waals surface area contributed by atoms with Crippen LogP contribution >= 0.6 is 0 Å². The van der Waals surface area contributed by atoms with Crippen molar-refractivity contribution in [2.75, 3.05) is 39.8 Å². The number of piperazine rings is 1. The van der Waals surface area contributed by atoms with Crippen molar-refractivity contribution in [2.45, 2.75) is 44.9 Å². The van der Waals surface area contributed by atoms with Crippen LogP contribution in [-0.4, -0.2) is 73.2 Å². The second-order valence-corrected chi connectivity index (χ2v) is 6.14. The van der Waals surface area contributed by atoms with Crippen LogP contribution in [0.4, 0.5) is 0 Å². The maximum Gasteiger partial charge on any atom is 0.242 e. The predicted octanol–water partition coefficient (Wildman–Crippen LogP) is 0.306. The van der Waals surface area contributed by atoms with Crippen LogP contribution in [0.3, 0.4) is 0 Å². The van der Waals surface area contributed by atoms with E-state index >= 15 is 0 Å². The lowest BCUT2D eigenvalue weighted by Gasteiger charge is -2.43. The molecule has 2 saturated heterocycles. The Hall–Kier alpha value is -0.650. The van der Waals surface area contributed by atoms with Crippen LogP contribution in [0.1, 0.15) is 27.2 Å². The fourth-order valence-electron chi connectivity index (χ4n) is 3.17. The van der Waals surface area contributed by atoms with E-state index < -0.39 is 5.54 Å². The Morgan fingerprint density at radius 1 is 1.37 bits per heavy atom. The Balaban J connectivity index is 2.04. The molecular weight excluding hydrogens is 242 g/mol. The maximum atomic E-state index is 12.8. The SMILES string of the molecule is CC1OCCC1N(C)C(=O)C(C)(C)N1CCNCC1. The van der Waals surface area contributed by atoms with Crippen molar-refractivity contribution in [2.24, 2.45) is 0 Å². The number of rotatable bonds is 3. The number of nitrogens with zero attached hydrogens (tertiary/aromatic N) is 2. The largest absolute Gasteiger partial charge is 0.376 e. The van der Waals surface area contributed by atoms with E-state index in [-0.39, 0.29) is 18.1 Å². The van der Waals surface area contributed by atoms with Crippen LogP contribution in [0, 0.1) is 0 Å². The molecule has 0 saturated carbocycles. The van der Waals surface area contributed by atoms with Gasteiger partial charge in [0.2, 0.25) is 5.91 Å². The highest BCUT2D eigenvalue weighted by Gasteiger charge is 2.41. The van der Waals surface area contributed by atoms with Gasteiger partial charge in [-0.15, -0.1) is 0 Å². The number of likely N-dealkylation sites (N-methyl/N-ethyl adjacent to an activating group) is 1. The molecule has 0 aliphatic carbocycles. The van der Waals surface area contributed by atoms with E-state index in [0.717, 1.165) is 39.2 Å². The van der Waals surface area contributed by atoms with Crippen molar-refractivity contribution in [3.8, 4) is 0 Å². The zero-order valence-electron chi connectivity index (χ0n) is 12.6. The van der Waals surface area contributed by atoms with E-state index in [0.29, 0.717) is 0 Å². The van der Waals surface area contributed by atoms with E-state index in [2.05, 4.69) is 17.1 Å². The molecule has 5 heteroatoms. The zero-order chi connectivity index (χ0) is 14.0. The van der Waals surface area contributed by atoms with Crippen LogP contribution in [0.2, 0.25) is 0 Å². The summed E-state index contributed by atoms with van der Waals surface area (Å²) in [5.74, 6) is 0.205. The zero-order valence-corrected chi connectivity index (χ0v) is 12.6. The van der Waals surface area contributed by atoms with E-state index in [1.54, 1.807) is 0 Å². The number of carbonyl (C=O) groups is 1. The number of hydrogen-bond acceptors (Lipinski definition) is 4. The minimum atomic E-state index is -0.431. The lowest BCUT2D eigenvalue weighted by molar-refractivity contribution is -0.145. The van der Waals surface area contributed by atoms with Crippen molar-refractivity contribution in [1.29, 1.82) is 0 Å². The molecule has 110 valence electrons. The molecule has 0 aromatic heterocycles. The number of amides is 1. The molecule has 0 aromatic carbocycles. The van der Waals surface area contributed by atoms with Crippen LogP contribution in [0.5, 0.6) is 0 Å². The first-order chi connectivity index (χ1) is 8.94. The topological polar surface area (TPSA) is 44.8 Å². The predicted molar refractivity (Wildman–Crippen MR) is 75.1 cm³/mol. The van der Waals surface area contributed by atoms with Gasteiger partial charge in [0.05, 0.1) is 17.7 Å². The second-order valence-electron chi connectivity index (χ2n) is 6.14. The molecule has 0 aromatic rings. The van der Waals surface area contributed by atoms with Gasteiger partial charge < -0.3 is 15.0 Å². The molecule has 19 heavy (non-hydrogen) atoms. The Kier molecular flexibility index (Phi) is 4.48. The fourth-order valence-corrected chi connectivity index (χ4v) is 3.17. The normalized spacial score (nSPS) is 29.5. The smallest absolute Gasteiger partial charge is 0.242 e. The first kappa shape index (κ1) is 14.8. The van der Waals surface area contributed by atoms with E-state index in [1.165, 1.54) is 0 Å². The highest BCUT2D eigenvalue weighted by Crippen LogP contribution is 2.24. The minimum Gasteiger partial charge on any atom is -0.376 e. The van der Waals surface area contributed by atoms with Crippen molar-refractivity contribution in [3.05, 3.63) is 0 Å². The molecule has 0 spiro atoms. The summed E-state index contributed by atoms with van der Waals surface area (Å²) in [5, 5.41) is 3.33. The number of hydrogen-bond donors (Lipinski definition) is 1. The third kappa shape index (κ3) is 2.93. The van der Waals surface area contributed by atoms with Gasteiger partial charge in [-0.25, -0.2) is 0 Å². The molecule has 2 atom stereocenters.